The van der Waals surface area contributed by atoms with E-state index in [1.54, 1.807) is 43.3 Å². The molecular weight excluding hydrogens is 504 g/mol. The number of rotatable bonds is 11. The first-order valence-electron chi connectivity index (χ1n) is 13.8. The third-order valence-corrected chi connectivity index (χ3v) is 8.03. The quantitative estimate of drug-likeness (QED) is 0.154. The Balaban J connectivity index is 1.70. The predicted molar refractivity (Wildman–Crippen MR) is 157 cm³/mol. The van der Waals surface area contributed by atoms with Gasteiger partial charge in [-0.1, -0.05) is 80.6 Å². The molecule has 6 heteroatoms. The van der Waals surface area contributed by atoms with Crippen molar-refractivity contribution in [3.8, 4) is 11.5 Å². The molecule has 0 aliphatic heterocycles. The van der Waals surface area contributed by atoms with Gasteiger partial charge in [-0.05, 0) is 67.5 Å². The summed E-state index contributed by atoms with van der Waals surface area (Å²) in [7, 11) is 0. The van der Waals surface area contributed by atoms with Crippen molar-refractivity contribution in [1.29, 1.82) is 0 Å². The van der Waals surface area contributed by atoms with Crippen LogP contribution in [0.3, 0.4) is 0 Å². The van der Waals surface area contributed by atoms with Gasteiger partial charge in [-0.25, -0.2) is 0 Å². The number of carbonyl (C=O) groups is 2. The van der Waals surface area contributed by atoms with Gasteiger partial charge in [0.15, 0.2) is 0 Å². The smallest absolute Gasteiger partial charge is 0.317 e. The van der Waals surface area contributed by atoms with Crippen molar-refractivity contribution in [1.82, 2.24) is 0 Å². The van der Waals surface area contributed by atoms with Crippen molar-refractivity contribution < 1.29 is 29.3 Å². The van der Waals surface area contributed by atoms with Crippen molar-refractivity contribution >= 4 is 33.5 Å². The monoisotopic (exact) mass is 542 g/mol. The minimum atomic E-state index is -1.06. The van der Waals surface area contributed by atoms with Crippen molar-refractivity contribution in [2.24, 2.45) is 10.8 Å². The molecule has 3 unspecified atom stereocenters. The number of carbonyl (C=O) groups excluding carboxylic acids is 2. The van der Waals surface area contributed by atoms with E-state index in [0.717, 1.165) is 16.3 Å². The number of aromatic hydroxyl groups is 1. The molecule has 3 atom stereocenters. The zero-order chi connectivity index (χ0) is 28.9. The van der Waals surface area contributed by atoms with E-state index in [9.17, 15) is 19.8 Å². The lowest BCUT2D eigenvalue weighted by molar-refractivity contribution is -0.161. The van der Waals surface area contributed by atoms with Gasteiger partial charge in [0.05, 0.1) is 17.4 Å². The second kappa shape index (κ2) is 12.1. The number of hydrogen-bond acceptors (Lipinski definition) is 6. The fourth-order valence-corrected chi connectivity index (χ4v) is 5.63. The number of phenolic OH excluding ortho intramolecular Hbond substituents is 1. The normalized spacial score (nSPS) is 15.2. The Hall–Kier alpha value is -3.90. The van der Waals surface area contributed by atoms with Crippen LogP contribution in [0.15, 0.2) is 78.9 Å². The van der Waals surface area contributed by atoms with Crippen molar-refractivity contribution in [3.05, 3.63) is 84.4 Å². The second-order valence-electron chi connectivity index (χ2n) is 11.2. The van der Waals surface area contributed by atoms with Gasteiger partial charge >= 0.3 is 11.9 Å². The maximum Gasteiger partial charge on any atom is 0.317 e. The molecule has 6 nitrogen and oxygen atoms in total. The van der Waals surface area contributed by atoms with Crippen LogP contribution >= 0.6 is 0 Å². The third kappa shape index (κ3) is 6.13. The zero-order valence-corrected chi connectivity index (χ0v) is 23.6. The highest BCUT2D eigenvalue weighted by molar-refractivity contribution is 5.95. The molecule has 210 valence electrons. The Bertz CT molecular complexity index is 1510. The predicted octanol–water partition coefficient (Wildman–Crippen LogP) is 7.15. The summed E-state index contributed by atoms with van der Waals surface area (Å²) in [6.45, 7) is 7.27. The fourth-order valence-electron chi connectivity index (χ4n) is 5.63. The van der Waals surface area contributed by atoms with Crippen LogP contribution in [-0.4, -0.2) is 35.4 Å². The number of esters is 2. The van der Waals surface area contributed by atoms with E-state index >= 15 is 0 Å². The highest BCUT2D eigenvalue weighted by atomic mass is 16.5. The van der Waals surface area contributed by atoms with Gasteiger partial charge in [-0.3, -0.25) is 9.59 Å². The summed E-state index contributed by atoms with van der Waals surface area (Å²) in [6, 6.07) is 24.8. The first-order valence-corrected chi connectivity index (χ1v) is 13.8. The van der Waals surface area contributed by atoms with Gasteiger partial charge in [-0.2, -0.15) is 0 Å². The van der Waals surface area contributed by atoms with Crippen molar-refractivity contribution in [3.63, 3.8) is 0 Å². The highest BCUT2D eigenvalue weighted by Crippen LogP contribution is 2.45. The molecule has 0 saturated heterocycles. The number of ether oxygens (including phenoxy) is 2. The Kier molecular flexibility index (Phi) is 8.79. The molecule has 0 bridgehead atoms. The number of benzene rings is 4. The SMILES string of the molecule is CCC(C)(CC(C)(CC(C)c1ccc2ccccc2c1)C(=O)Oc1cccc2c(O)cccc12)C(=O)OCCO. The molecule has 0 heterocycles. The average Bonchev–Trinajstić information content (AvgIpc) is 2.95. The number of hydrogen-bond donors (Lipinski definition) is 2. The van der Waals surface area contributed by atoms with Crippen LogP contribution in [0, 0.1) is 10.8 Å². The molecule has 40 heavy (non-hydrogen) atoms. The minimum absolute atomic E-state index is 0.0201. The molecule has 4 aromatic carbocycles. The molecule has 0 saturated carbocycles. The zero-order valence-electron chi connectivity index (χ0n) is 23.6. The molecule has 4 rings (SSSR count). The first kappa shape index (κ1) is 29.1. The van der Waals surface area contributed by atoms with E-state index < -0.39 is 22.8 Å². The van der Waals surface area contributed by atoms with E-state index in [-0.39, 0.29) is 31.3 Å². The van der Waals surface area contributed by atoms with Crippen LogP contribution in [0.1, 0.15) is 58.4 Å². The topological polar surface area (TPSA) is 93.1 Å². The summed E-state index contributed by atoms with van der Waals surface area (Å²) in [5.41, 5.74) is -0.940. The fraction of sp³-hybridized carbons (Fsp3) is 0.353. The first-order chi connectivity index (χ1) is 19.1. The molecule has 0 aromatic heterocycles. The van der Waals surface area contributed by atoms with Crippen LogP contribution in [-0.2, 0) is 14.3 Å². The van der Waals surface area contributed by atoms with E-state index in [1.165, 1.54) is 0 Å². The maximum absolute atomic E-state index is 14.1. The molecule has 0 aliphatic carbocycles. The summed E-state index contributed by atoms with van der Waals surface area (Å²) < 4.78 is 11.4. The molecule has 4 aromatic rings. The third-order valence-electron chi connectivity index (χ3n) is 8.03. The molecule has 0 radical (unpaired) electrons. The largest absolute Gasteiger partial charge is 0.507 e. The molecule has 0 spiro atoms. The summed E-state index contributed by atoms with van der Waals surface area (Å²) in [5, 5.41) is 23.0. The minimum Gasteiger partial charge on any atom is -0.507 e. The van der Waals surface area contributed by atoms with Crippen molar-refractivity contribution in [2.45, 2.75) is 52.9 Å². The Morgan fingerprint density at radius 3 is 2.27 bits per heavy atom. The molecule has 0 aliphatic rings. The van der Waals surface area contributed by atoms with Crippen molar-refractivity contribution in [2.75, 3.05) is 13.2 Å². The van der Waals surface area contributed by atoms with E-state index in [0.29, 0.717) is 29.4 Å². The maximum atomic E-state index is 14.1. The molecule has 2 N–H and O–H groups in total. The Morgan fingerprint density at radius 2 is 1.55 bits per heavy atom. The number of aliphatic hydroxyl groups excluding tert-OH is 1. The lowest BCUT2D eigenvalue weighted by Crippen LogP contribution is -2.42. The van der Waals surface area contributed by atoms with Crippen LogP contribution in [0.4, 0.5) is 0 Å². The highest BCUT2D eigenvalue weighted by Gasteiger charge is 2.46. The molecular formula is C34H38O6. The van der Waals surface area contributed by atoms with E-state index in [4.69, 9.17) is 9.47 Å². The van der Waals surface area contributed by atoms with Crippen LogP contribution in [0.2, 0.25) is 0 Å². The van der Waals surface area contributed by atoms with Gasteiger partial charge in [-0.15, -0.1) is 0 Å². The summed E-state index contributed by atoms with van der Waals surface area (Å²) in [4.78, 5) is 27.2. The number of aliphatic hydroxyl groups is 1. The van der Waals surface area contributed by atoms with Gasteiger partial charge in [0, 0.05) is 10.8 Å². The van der Waals surface area contributed by atoms with E-state index in [1.807, 2.05) is 26.0 Å². The Morgan fingerprint density at radius 1 is 0.850 bits per heavy atom. The van der Waals surface area contributed by atoms with Gasteiger partial charge in [0.25, 0.3) is 0 Å². The average molecular weight is 543 g/mol. The van der Waals surface area contributed by atoms with Gasteiger partial charge in [0.2, 0.25) is 0 Å². The van der Waals surface area contributed by atoms with Crippen LogP contribution in [0.5, 0.6) is 11.5 Å². The second-order valence-corrected chi connectivity index (χ2v) is 11.2. The van der Waals surface area contributed by atoms with Gasteiger partial charge < -0.3 is 19.7 Å². The summed E-state index contributed by atoms with van der Waals surface area (Å²) in [6.07, 6.45) is 1.09. The molecule has 0 amide bonds. The van der Waals surface area contributed by atoms with Crippen LogP contribution in [0.25, 0.3) is 21.5 Å². The van der Waals surface area contributed by atoms with Crippen LogP contribution < -0.4 is 4.74 Å². The van der Waals surface area contributed by atoms with E-state index in [2.05, 4.69) is 37.3 Å². The molecule has 0 fully saturated rings. The summed E-state index contributed by atoms with van der Waals surface area (Å²) >= 11 is 0. The number of phenols is 1. The lowest BCUT2D eigenvalue weighted by atomic mass is 9.67. The van der Waals surface area contributed by atoms with Gasteiger partial charge in [0.1, 0.15) is 18.1 Å². The Labute approximate surface area is 235 Å². The number of fused-ring (bicyclic) bond motifs is 2. The summed E-state index contributed by atoms with van der Waals surface area (Å²) in [5.74, 6) is -0.465. The standard InChI is InChI=1S/C34H38O6/c1-5-33(3,31(37)39-19-18-35)22-34(4,21-23(2)25-17-16-24-10-6-7-11-26(24)20-25)32(38)40-30-15-9-12-27-28(30)13-8-14-29(27)36/h6-17,20,23,35-36H,5,18-19,21-22H2,1-4H3. The lowest BCUT2D eigenvalue weighted by Gasteiger charge is -2.37.